The van der Waals surface area contributed by atoms with Gasteiger partial charge in [-0.15, -0.1) is 0 Å². The number of ether oxygens (including phenoxy) is 1. The molecule has 28 heavy (non-hydrogen) atoms. The molecule has 0 bridgehead atoms. The number of pyridine rings is 2. The van der Waals surface area contributed by atoms with Crippen LogP contribution in [-0.2, 0) is 0 Å². The van der Waals surface area contributed by atoms with Crippen molar-refractivity contribution in [2.24, 2.45) is 0 Å². The Morgan fingerprint density at radius 2 is 1.50 bits per heavy atom. The number of hydrogen-bond donors (Lipinski definition) is 0. The van der Waals surface area contributed by atoms with Crippen molar-refractivity contribution in [3.05, 3.63) is 91.1 Å². The van der Waals surface area contributed by atoms with Gasteiger partial charge >= 0.3 is 0 Å². The molecule has 0 unspecified atom stereocenters. The van der Waals surface area contributed by atoms with E-state index in [-0.39, 0.29) is 0 Å². The SMILES string of the molecule is COc1cccc2cccc(-c3nc(-c4ccccn4)cc4ccccc34)c12. The molecule has 0 N–H and O–H groups in total. The van der Waals surface area contributed by atoms with Crippen LogP contribution in [0.3, 0.4) is 0 Å². The number of methoxy groups -OCH3 is 1. The number of aromatic nitrogens is 2. The summed E-state index contributed by atoms with van der Waals surface area (Å²) < 4.78 is 5.68. The Morgan fingerprint density at radius 3 is 2.32 bits per heavy atom. The highest BCUT2D eigenvalue weighted by molar-refractivity contribution is 6.07. The standard InChI is InChI=1S/C25H18N2O/c1-28-23-14-7-10-17-9-6-12-20(24(17)23)25-19-11-3-2-8-18(19)16-22(27-25)21-13-4-5-15-26-21/h2-16H,1H3. The summed E-state index contributed by atoms with van der Waals surface area (Å²) in [5.41, 5.74) is 3.72. The third-order valence-corrected chi connectivity index (χ3v) is 5.01. The average molecular weight is 362 g/mol. The lowest BCUT2D eigenvalue weighted by molar-refractivity contribution is 0.420. The molecule has 0 aliphatic heterocycles. The van der Waals surface area contributed by atoms with Crippen molar-refractivity contribution in [1.82, 2.24) is 9.97 Å². The van der Waals surface area contributed by atoms with Crippen molar-refractivity contribution in [3.8, 4) is 28.4 Å². The predicted molar refractivity (Wildman–Crippen MR) is 114 cm³/mol. The smallest absolute Gasteiger partial charge is 0.127 e. The molecule has 0 spiro atoms. The lowest BCUT2D eigenvalue weighted by Gasteiger charge is -2.14. The van der Waals surface area contributed by atoms with Gasteiger partial charge in [-0.05, 0) is 35.0 Å². The van der Waals surface area contributed by atoms with Gasteiger partial charge in [-0.1, -0.05) is 60.7 Å². The summed E-state index contributed by atoms with van der Waals surface area (Å²) in [6, 6.07) is 28.7. The van der Waals surface area contributed by atoms with Crippen molar-refractivity contribution in [1.29, 1.82) is 0 Å². The number of fused-ring (bicyclic) bond motifs is 2. The number of nitrogens with zero attached hydrogens (tertiary/aromatic N) is 2. The fourth-order valence-corrected chi connectivity index (χ4v) is 3.72. The molecule has 0 aliphatic rings. The summed E-state index contributed by atoms with van der Waals surface area (Å²) in [5.74, 6) is 0.849. The summed E-state index contributed by atoms with van der Waals surface area (Å²) in [5, 5.41) is 4.45. The fraction of sp³-hybridized carbons (Fsp3) is 0.0400. The molecular weight excluding hydrogens is 344 g/mol. The summed E-state index contributed by atoms with van der Waals surface area (Å²) in [6.45, 7) is 0. The van der Waals surface area contributed by atoms with Gasteiger partial charge in [0, 0.05) is 22.5 Å². The van der Waals surface area contributed by atoms with Gasteiger partial charge in [0.05, 0.1) is 24.2 Å². The van der Waals surface area contributed by atoms with Crippen LogP contribution in [0, 0.1) is 0 Å². The average Bonchev–Trinajstić information content (AvgIpc) is 2.78. The summed E-state index contributed by atoms with van der Waals surface area (Å²) in [7, 11) is 1.71. The molecule has 0 amide bonds. The normalized spacial score (nSPS) is 11.0. The summed E-state index contributed by atoms with van der Waals surface area (Å²) in [4.78, 5) is 9.55. The Labute approximate surface area is 163 Å². The summed E-state index contributed by atoms with van der Waals surface area (Å²) >= 11 is 0. The minimum atomic E-state index is 0.849. The zero-order valence-corrected chi connectivity index (χ0v) is 15.5. The van der Waals surface area contributed by atoms with E-state index in [2.05, 4.69) is 59.6 Å². The molecule has 0 saturated heterocycles. The molecule has 0 fully saturated rings. The third-order valence-electron chi connectivity index (χ3n) is 5.01. The molecule has 3 heteroatoms. The van der Waals surface area contributed by atoms with E-state index >= 15 is 0 Å². The third kappa shape index (κ3) is 2.69. The molecule has 2 aromatic heterocycles. The van der Waals surface area contributed by atoms with Crippen LogP contribution in [0.2, 0.25) is 0 Å². The van der Waals surface area contributed by atoms with Crippen LogP contribution in [0.5, 0.6) is 5.75 Å². The first-order valence-corrected chi connectivity index (χ1v) is 9.22. The molecule has 3 aromatic carbocycles. The lowest BCUT2D eigenvalue weighted by Crippen LogP contribution is -1.94. The Bertz CT molecular complexity index is 1290. The van der Waals surface area contributed by atoms with Gasteiger partial charge in [-0.3, -0.25) is 4.98 Å². The molecule has 0 saturated carbocycles. The van der Waals surface area contributed by atoms with Gasteiger partial charge in [0.1, 0.15) is 5.75 Å². The Kier molecular flexibility index (Phi) is 3.99. The van der Waals surface area contributed by atoms with Crippen LogP contribution in [0.15, 0.2) is 91.1 Å². The molecule has 5 rings (SSSR count). The first-order chi connectivity index (χ1) is 13.8. The number of benzene rings is 3. The maximum Gasteiger partial charge on any atom is 0.127 e. The van der Waals surface area contributed by atoms with Gasteiger partial charge < -0.3 is 4.74 Å². The van der Waals surface area contributed by atoms with Crippen LogP contribution >= 0.6 is 0 Å². The second kappa shape index (κ2) is 6.78. The zero-order chi connectivity index (χ0) is 18.9. The largest absolute Gasteiger partial charge is 0.496 e. The molecule has 5 aromatic rings. The molecule has 2 heterocycles. The van der Waals surface area contributed by atoms with Crippen LogP contribution in [0.25, 0.3) is 44.2 Å². The van der Waals surface area contributed by atoms with E-state index in [0.29, 0.717) is 0 Å². The van der Waals surface area contributed by atoms with E-state index < -0.39 is 0 Å². The zero-order valence-electron chi connectivity index (χ0n) is 15.5. The van der Waals surface area contributed by atoms with Crippen molar-refractivity contribution in [2.45, 2.75) is 0 Å². The van der Waals surface area contributed by atoms with Crippen molar-refractivity contribution < 1.29 is 4.74 Å². The minimum absolute atomic E-state index is 0.849. The Morgan fingerprint density at radius 1 is 0.714 bits per heavy atom. The van der Waals surface area contributed by atoms with Gasteiger partial charge in [-0.2, -0.15) is 0 Å². The second-order valence-electron chi connectivity index (χ2n) is 6.66. The van der Waals surface area contributed by atoms with E-state index in [1.165, 1.54) is 0 Å². The Hall–Kier alpha value is -3.72. The van der Waals surface area contributed by atoms with Gasteiger partial charge in [0.2, 0.25) is 0 Å². The highest BCUT2D eigenvalue weighted by Crippen LogP contribution is 2.38. The molecule has 0 atom stereocenters. The topological polar surface area (TPSA) is 35.0 Å². The highest BCUT2D eigenvalue weighted by atomic mass is 16.5. The predicted octanol–water partition coefficient (Wildman–Crippen LogP) is 6.13. The number of hydrogen-bond acceptors (Lipinski definition) is 3. The van der Waals surface area contributed by atoms with E-state index in [4.69, 9.17) is 9.72 Å². The van der Waals surface area contributed by atoms with Crippen LogP contribution in [-0.4, -0.2) is 17.1 Å². The van der Waals surface area contributed by atoms with Crippen molar-refractivity contribution >= 4 is 21.5 Å². The van der Waals surface area contributed by atoms with Crippen LogP contribution in [0.4, 0.5) is 0 Å². The first kappa shape index (κ1) is 16.5. The van der Waals surface area contributed by atoms with E-state index in [1.54, 1.807) is 13.3 Å². The molecule has 0 radical (unpaired) electrons. The molecule has 3 nitrogen and oxygen atoms in total. The summed E-state index contributed by atoms with van der Waals surface area (Å²) in [6.07, 6.45) is 1.80. The van der Waals surface area contributed by atoms with Crippen molar-refractivity contribution in [3.63, 3.8) is 0 Å². The van der Waals surface area contributed by atoms with Crippen LogP contribution < -0.4 is 4.74 Å². The quantitative estimate of drug-likeness (QED) is 0.387. The van der Waals surface area contributed by atoms with Gasteiger partial charge in [0.25, 0.3) is 0 Å². The Balaban J connectivity index is 1.88. The molecular formula is C25H18N2O. The van der Waals surface area contributed by atoms with E-state index in [1.807, 2.05) is 30.3 Å². The van der Waals surface area contributed by atoms with Gasteiger partial charge in [-0.25, -0.2) is 4.98 Å². The molecule has 0 aliphatic carbocycles. The van der Waals surface area contributed by atoms with Crippen LogP contribution in [0.1, 0.15) is 0 Å². The highest BCUT2D eigenvalue weighted by Gasteiger charge is 2.15. The van der Waals surface area contributed by atoms with E-state index in [9.17, 15) is 0 Å². The van der Waals surface area contributed by atoms with Gasteiger partial charge in [0.15, 0.2) is 0 Å². The lowest BCUT2D eigenvalue weighted by atomic mass is 9.96. The monoisotopic (exact) mass is 362 g/mol. The number of rotatable bonds is 3. The van der Waals surface area contributed by atoms with Crippen molar-refractivity contribution in [2.75, 3.05) is 7.11 Å². The maximum atomic E-state index is 5.68. The first-order valence-electron chi connectivity index (χ1n) is 9.22. The maximum absolute atomic E-state index is 5.68. The minimum Gasteiger partial charge on any atom is -0.496 e. The second-order valence-corrected chi connectivity index (χ2v) is 6.66. The molecule has 134 valence electrons. The fourth-order valence-electron chi connectivity index (χ4n) is 3.72. The van der Waals surface area contributed by atoms with E-state index in [0.717, 1.165) is 49.9 Å².